The average molecular weight is 283 g/mol. The topological polar surface area (TPSA) is 9.23 Å². The lowest BCUT2D eigenvalue weighted by Crippen LogP contribution is -2.01. The van der Waals surface area contributed by atoms with Crippen LogP contribution in [0.3, 0.4) is 0 Å². The molecular weight excluding hydrogens is 264 g/mol. The van der Waals surface area contributed by atoms with Crippen molar-refractivity contribution >= 4 is 15.9 Å². The number of halogens is 1. The fraction of sp³-hybridized carbons (Fsp3) is 0.429. The summed E-state index contributed by atoms with van der Waals surface area (Å²) in [5.41, 5.74) is 1.25. The van der Waals surface area contributed by atoms with Crippen LogP contribution in [-0.4, -0.2) is 6.61 Å². The number of rotatable bonds is 6. The molecule has 0 N–H and O–H groups in total. The summed E-state index contributed by atoms with van der Waals surface area (Å²) in [4.78, 5) is 0. The highest BCUT2D eigenvalue weighted by Gasteiger charge is 2.11. The minimum atomic E-state index is 0.446. The number of allylic oxidation sites excluding steroid dienone is 1. The lowest BCUT2D eigenvalue weighted by molar-refractivity contribution is 0.312. The van der Waals surface area contributed by atoms with E-state index in [0.29, 0.717) is 5.92 Å². The Labute approximate surface area is 107 Å². The van der Waals surface area contributed by atoms with Crippen LogP contribution in [0.4, 0.5) is 0 Å². The van der Waals surface area contributed by atoms with E-state index in [2.05, 4.69) is 42.4 Å². The summed E-state index contributed by atoms with van der Waals surface area (Å²) in [5, 5.41) is 0. The molecule has 0 spiro atoms. The van der Waals surface area contributed by atoms with Crippen LogP contribution in [0.15, 0.2) is 35.3 Å². The van der Waals surface area contributed by atoms with Crippen molar-refractivity contribution in [3.8, 4) is 5.75 Å². The molecule has 0 fully saturated rings. The first-order valence-electron chi connectivity index (χ1n) is 5.72. The van der Waals surface area contributed by atoms with E-state index in [4.69, 9.17) is 4.74 Å². The fourth-order valence-corrected chi connectivity index (χ4v) is 2.00. The number of hydrogen-bond donors (Lipinski definition) is 0. The molecule has 0 bridgehead atoms. The first kappa shape index (κ1) is 13.3. The van der Waals surface area contributed by atoms with Gasteiger partial charge in [-0.2, -0.15) is 0 Å². The van der Waals surface area contributed by atoms with Crippen LogP contribution in [-0.2, 0) is 0 Å². The molecule has 0 heterocycles. The van der Waals surface area contributed by atoms with Crippen LogP contribution < -0.4 is 4.74 Å². The van der Waals surface area contributed by atoms with Gasteiger partial charge in [-0.05, 0) is 42.5 Å². The van der Waals surface area contributed by atoms with E-state index in [1.165, 1.54) is 5.56 Å². The zero-order chi connectivity index (χ0) is 12.0. The van der Waals surface area contributed by atoms with Gasteiger partial charge >= 0.3 is 0 Å². The average Bonchev–Trinajstić information content (AvgIpc) is 2.27. The lowest BCUT2D eigenvalue weighted by atomic mass is 9.97. The van der Waals surface area contributed by atoms with E-state index < -0.39 is 0 Å². The van der Waals surface area contributed by atoms with Gasteiger partial charge in [0.2, 0.25) is 0 Å². The predicted octanol–water partition coefficient (Wildman–Crippen LogP) is 4.92. The highest BCUT2D eigenvalue weighted by atomic mass is 79.9. The van der Waals surface area contributed by atoms with Crippen molar-refractivity contribution in [2.75, 3.05) is 6.61 Å². The van der Waals surface area contributed by atoms with Crippen molar-refractivity contribution in [1.82, 2.24) is 0 Å². The van der Waals surface area contributed by atoms with Gasteiger partial charge in [0.15, 0.2) is 0 Å². The molecule has 0 saturated heterocycles. The Morgan fingerprint density at radius 1 is 1.50 bits per heavy atom. The molecule has 0 aliphatic heterocycles. The molecule has 2 heteroatoms. The van der Waals surface area contributed by atoms with E-state index in [-0.39, 0.29) is 0 Å². The van der Waals surface area contributed by atoms with Crippen molar-refractivity contribution in [3.05, 3.63) is 40.9 Å². The smallest absolute Gasteiger partial charge is 0.122 e. The van der Waals surface area contributed by atoms with Crippen molar-refractivity contribution in [3.63, 3.8) is 0 Å². The summed E-state index contributed by atoms with van der Waals surface area (Å²) >= 11 is 3.50. The lowest BCUT2D eigenvalue weighted by Gasteiger charge is -2.16. The predicted molar refractivity (Wildman–Crippen MR) is 73.2 cm³/mol. The van der Waals surface area contributed by atoms with Gasteiger partial charge < -0.3 is 4.74 Å². The molecule has 16 heavy (non-hydrogen) atoms. The Morgan fingerprint density at radius 3 is 2.88 bits per heavy atom. The molecule has 0 radical (unpaired) electrons. The summed E-state index contributed by atoms with van der Waals surface area (Å²) in [6.45, 7) is 8.87. The molecule has 1 aromatic rings. The van der Waals surface area contributed by atoms with E-state index in [0.717, 1.165) is 29.7 Å². The van der Waals surface area contributed by atoms with Crippen LogP contribution in [0.1, 0.15) is 38.2 Å². The minimum absolute atomic E-state index is 0.446. The molecule has 0 aliphatic carbocycles. The third-order valence-corrected chi connectivity index (χ3v) is 2.98. The van der Waals surface area contributed by atoms with Crippen LogP contribution in [0, 0.1) is 0 Å². The normalized spacial score (nSPS) is 12.2. The summed E-state index contributed by atoms with van der Waals surface area (Å²) in [6.07, 6.45) is 3.96. The molecular formula is C14H19BrO. The Hall–Kier alpha value is -0.760. The van der Waals surface area contributed by atoms with Crippen LogP contribution >= 0.6 is 15.9 Å². The van der Waals surface area contributed by atoms with Crippen molar-refractivity contribution in [2.24, 2.45) is 0 Å². The van der Waals surface area contributed by atoms with E-state index in [1.807, 2.05) is 18.2 Å². The molecule has 1 unspecified atom stereocenters. The molecule has 0 saturated carbocycles. The second kappa shape index (κ2) is 6.74. The summed E-state index contributed by atoms with van der Waals surface area (Å²) in [7, 11) is 0. The molecule has 88 valence electrons. The summed E-state index contributed by atoms with van der Waals surface area (Å²) < 4.78 is 6.85. The molecule has 0 aliphatic rings. The highest BCUT2D eigenvalue weighted by Crippen LogP contribution is 2.31. The number of hydrogen-bond acceptors (Lipinski definition) is 1. The number of benzene rings is 1. The Morgan fingerprint density at radius 2 is 2.25 bits per heavy atom. The monoisotopic (exact) mass is 282 g/mol. The van der Waals surface area contributed by atoms with Crippen molar-refractivity contribution in [1.29, 1.82) is 0 Å². The molecule has 0 amide bonds. The Bertz CT molecular complexity index is 347. The Kier molecular flexibility index (Phi) is 5.61. The third-order valence-electron chi connectivity index (χ3n) is 2.48. The summed E-state index contributed by atoms with van der Waals surface area (Å²) in [6, 6.07) is 6.20. The summed E-state index contributed by atoms with van der Waals surface area (Å²) in [5.74, 6) is 1.45. The molecule has 1 atom stereocenters. The molecule has 1 rings (SSSR count). The zero-order valence-electron chi connectivity index (χ0n) is 10.0. The van der Waals surface area contributed by atoms with Gasteiger partial charge in [-0.1, -0.05) is 35.9 Å². The minimum Gasteiger partial charge on any atom is -0.493 e. The maximum Gasteiger partial charge on any atom is 0.122 e. The van der Waals surface area contributed by atoms with Gasteiger partial charge in [0.25, 0.3) is 0 Å². The first-order valence-corrected chi connectivity index (χ1v) is 6.51. The number of ether oxygens (including phenoxy) is 1. The second-order valence-electron chi connectivity index (χ2n) is 3.96. The van der Waals surface area contributed by atoms with Gasteiger partial charge in [-0.25, -0.2) is 0 Å². The standard InChI is InChI=1S/C14H19BrO/c1-4-6-11(3)13-10-12(15)7-8-14(13)16-9-5-2/h4,7-8,10-11H,1,5-6,9H2,2-3H3. The van der Waals surface area contributed by atoms with Crippen molar-refractivity contribution in [2.45, 2.75) is 32.6 Å². The first-order chi connectivity index (χ1) is 7.69. The largest absolute Gasteiger partial charge is 0.493 e. The molecule has 1 nitrogen and oxygen atoms in total. The fourth-order valence-electron chi connectivity index (χ4n) is 1.62. The van der Waals surface area contributed by atoms with Crippen LogP contribution in [0.5, 0.6) is 5.75 Å². The zero-order valence-corrected chi connectivity index (χ0v) is 11.6. The van der Waals surface area contributed by atoms with Gasteiger partial charge in [-0.3, -0.25) is 0 Å². The van der Waals surface area contributed by atoms with E-state index in [9.17, 15) is 0 Å². The maximum atomic E-state index is 5.75. The molecule has 0 aromatic heterocycles. The van der Waals surface area contributed by atoms with Crippen LogP contribution in [0.25, 0.3) is 0 Å². The van der Waals surface area contributed by atoms with Crippen LogP contribution in [0.2, 0.25) is 0 Å². The van der Waals surface area contributed by atoms with Gasteiger partial charge in [0, 0.05) is 4.47 Å². The molecule has 1 aromatic carbocycles. The quantitative estimate of drug-likeness (QED) is 0.673. The van der Waals surface area contributed by atoms with E-state index in [1.54, 1.807) is 0 Å². The van der Waals surface area contributed by atoms with Gasteiger partial charge in [0.05, 0.1) is 6.61 Å². The third kappa shape index (κ3) is 3.67. The van der Waals surface area contributed by atoms with Gasteiger partial charge in [-0.15, -0.1) is 6.58 Å². The second-order valence-corrected chi connectivity index (χ2v) is 4.87. The van der Waals surface area contributed by atoms with Gasteiger partial charge in [0.1, 0.15) is 5.75 Å². The van der Waals surface area contributed by atoms with E-state index >= 15 is 0 Å². The SMILES string of the molecule is C=CCC(C)c1cc(Br)ccc1OCCC. The highest BCUT2D eigenvalue weighted by molar-refractivity contribution is 9.10. The van der Waals surface area contributed by atoms with Crippen molar-refractivity contribution < 1.29 is 4.74 Å². The maximum absolute atomic E-state index is 5.75. The Balaban J connectivity index is 2.92.